The minimum atomic E-state index is -0.220. The molecule has 18 heavy (non-hydrogen) atoms. The van der Waals surface area contributed by atoms with E-state index in [0.29, 0.717) is 23.0 Å². The Morgan fingerprint density at radius 2 is 2.17 bits per heavy atom. The van der Waals surface area contributed by atoms with E-state index in [-0.39, 0.29) is 17.1 Å². The summed E-state index contributed by atoms with van der Waals surface area (Å²) in [5.74, 6) is 0.534. The molecule has 1 aromatic rings. The Balaban J connectivity index is 2.75. The lowest BCUT2D eigenvalue weighted by atomic mass is 9.81. The van der Waals surface area contributed by atoms with Gasteiger partial charge in [-0.2, -0.15) is 0 Å². The molecular formula is C13H20ClN3O. The van der Waals surface area contributed by atoms with Crippen LogP contribution in [0.25, 0.3) is 0 Å². The molecule has 0 saturated carbocycles. The number of hydrogen-bond acceptors (Lipinski definition) is 3. The van der Waals surface area contributed by atoms with Crippen molar-refractivity contribution < 1.29 is 4.79 Å². The standard InChI is InChI=1S/C13H20ClN3O/c1-8(2)13(3,4)7-17-12(18)9-5-11(15)16-6-10(9)14/h5-6,8H,7H2,1-4H3,(H2,15,16)(H,17,18). The van der Waals surface area contributed by atoms with Crippen molar-refractivity contribution in [2.75, 3.05) is 12.3 Å². The molecule has 0 aliphatic carbocycles. The zero-order chi connectivity index (χ0) is 13.9. The lowest BCUT2D eigenvalue weighted by Crippen LogP contribution is -2.37. The van der Waals surface area contributed by atoms with Gasteiger partial charge < -0.3 is 11.1 Å². The van der Waals surface area contributed by atoms with Crippen LogP contribution in [0.5, 0.6) is 0 Å². The predicted octanol–water partition coefficient (Wildman–Crippen LogP) is 2.73. The van der Waals surface area contributed by atoms with Crippen LogP contribution in [0, 0.1) is 11.3 Å². The van der Waals surface area contributed by atoms with Crippen LogP contribution in [0.1, 0.15) is 38.1 Å². The van der Waals surface area contributed by atoms with E-state index in [1.165, 1.54) is 12.3 Å². The molecule has 1 aromatic heterocycles. The Morgan fingerprint density at radius 3 is 2.72 bits per heavy atom. The normalized spacial score (nSPS) is 11.7. The Kier molecular flexibility index (Phi) is 4.57. The third kappa shape index (κ3) is 3.60. The van der Waals surface area contributed by atoms with Crippen LogP contribution in [-0.4, -0.2) is 17.4 Å². The van der Waals surface area contributed by atoms with Crippen molar-refractivity contribution in [1.29, 1.82) is 0 Å². The minimum Gasteiger partial charge on any atom is -0.384 e. The average molecular weight is 270 g/mol. The highest BCUT2D eigenvalue weighted by molar-refractivity contribution is 6.33. The summed E-state index contributed by atoms with van der Waals surface area (Å²) in [5, 5.41) is 3.19. The number of carbonyl (C=O) groups excluding carboxylic acids is 1. The van der Waals surface area contributed by atoms with Crippen LogP contribution in [0.3, 0.4) is 0 Å². The van der Waals surface area contributed by atoms with Gasteiger partial charge in [-0.25, -0.2) is 4.98 Å². The number of hydrogen-bond donors (Lipinski definition) is 2. The van der Waals surface area contributed by atoms with Gasteiger partial charge in [-0.15, -0.1) is 0 Å². The molecule has 5 heteroatoms. The van der Waals surface area contributed by atoms with Crippen molar-refractivity contribution in [2.45, 2.75) is 27.7 Å². The maximum Gasteiger partial charge on any atom is 0.253 e. The third-order valence-electron chi connectivity index (χ3n) is 3.39. The number of nitrogens with one attached hydrogen (secondary N) is 1. The van der Waals surface area contributed by atoms with E-state index in [0.717, 1.165) is 0 Å². The molecule has 100 valence electrons. The van der Waals surface area contributed by atoms with E-state index in [1.54, 1.807) is 0 Å². The lowest BCUT2D eigenvalue weighted by molar-refractivity contribution is 0.0925. The first-order valence-electron chi connectivity index (χ1n) is 5.93. The summed E-state index contributed by atoms with van der Waals surface area (Å²) in [6, 6.07) is 1.49. The number of pyridine rings is 1. The van der Waals surface area contributed by atoms with Crippen molar-refractivity contribution in [3.05, 3.63) is 22.8 Å². The van der Waals surface area contributed by atoms with Gasteiger partial charge in [-0.1, -0.05) is 39.3 Å². The fourth-order valence-electron chi connectivity index (χ4n) is 1.24. The average Bonchev–Trinajstić information content (AvgIpc) is 2.29. The van der Waals surface area contributed by atoms with E-state index in [1.807, 2.05) is 0 Å². The molecule has 1 rings (SSSR count). The fourth-order valence-corrected chi connectivity index (χ4v) is 1.43. The fraction of sp³-hybridized carbons (Fsp3) is 0.538. The van der Waals surface area contributed by atoms with Crippen LogP contribution < -0.4 is 11.1 Å². The van der Waals surface area contributed by atoms with Gasteiger partial charge in [0.1, 0.15) is 5.82 Å². The zero-order valence-corrected chi connectivity index (χ0v) is 12.0. The van der Waals surface area contributed by atoms with Crippen LogP contribution in [0.2, 0.25) is 5.02 Å². The summed E-state index contributed by atoms with van der Waals surface area (Å²) in [6.07, 6.45) is 1.39. The highest BCUT2D eigenvalue weighted by Gasteiger charge is 2.23. The Morgan fingerprint density at radius 1 is 1.56 bits per heavy atom. The number of carbonyl (C=O) groups is 1. The summed E-state index contributed by atoms with van der Waals surface area (Å²) in [6.45, 7) is 9.07. The molecule has 0 radical (unpaired) electrons. The van der Waals surface area contributed by atoms with Crippen LogP contribution >= 0.6 is 11.6 Å². The molecule has 0 aliphatic heterocycles. The van der Waals surface area contributed by atoms with Gasteiger partial charge >= 0.3 is 0 Å². The van der Waals surface area contributed by atoms with Crippen molar-refractivity contribution in [1.82, 2.24) is 10.3 Å². The number of halogens is 1. The quantitative estimate of drug-likeness (QED) is 0.883. The molecule has 0 unspecified atom stereocenters. The molecule has 0 bridgehead atoms. The zero-order valence-electron chi connectivity index (χ0n) is 11.2. The minimum absolute atomic E-state index is 0.0285. The molecular weight excluding hydrogens is 250 g/mol. The lowest BCUT2D eigenvalue weighted by Gasteiger charge is -2.29. The second-order valence-corrected chi connectivity index (χ2v) is 5.82. The van der Waals surface area contributed by atoms with E-state index in [9.17, 15) is 4.79 Å². The first-order chi connectivity index (χ1) is 8.24. The largest absolute Gasteiger partial charge is 0.384 e. The summed E-state index contributed by atoms with van der Waals surface area (Å²) in [4.78, 5) is 15.8. The van der Waals surface area contributed by atoms with Crippen LogP contribution in [0.15, 0.2) is 12.3 Å². The van der Waals surface area contributed by atoms with Crippen molar-refractivity contribution >= 4 is 23.3 Å². The van der Waals surface area contributed by atoms with Gasteiger partial charge in [0.15, 0.2) is 0 Å². The molecule has 0 aromatic carbocycles. The van der Waals surface area contributed by atoms with E-state index < -0.39 is 0 Å². The highest BCUT2D eigenvalue weighted by atomic mass is 35.5. The summed E-state index contributed by atoms with van der Waals surface area (Å²) < 4.78 is 0. The van der Waals surface area contributed by atoms with Crippen molar-refractivity contribution in [2.24, 2.45) is 11.3 Å². The number of aromatic nitrogens is 1. The van der Waals surface area contributed by atoms with E-state index in [4.69, 9.17) is 17.3 Å². The molecule has 3 N–H and O–H groups in total. The first-order valence-corrected chi connectivity index (χ1v) is 6.31. The second-order valence-electron chi connectivity index (χ2n) is 5.41. The second kappa shape index (κ2) is 5.57. The van der Waals surface area contributed by atoms with Gasteiger partial charge in [0, 0.05) is 12.7 Å². The van der Waals surface area contributed by atoms with Gasteiger partial charge in [0.25, 0.3) is 5.91 Å². The third-order valence-corrected chi connectivity index (χ3v) is 3.69. The maximum absolute atomic E-state index is 12.0. The Labute approximate surface area is 113 Å². The summed E-state index contributed by atoms with van der Waals surface area (Å²) >= 11 is 5.92. The molecule has 0 atom stereocenters. The number of amides is 1. The van der Waals surface area contributed by atoms with Gasteiger partial charge in [-0.3, -0.25) is 4.79 Å². The van der Waals surface area contributed by atoms with Crippen LogP contribution in [-0.2, 0) is 0 Å². The molecule has 0 saturated heterocycles. The topological polar surface area (TPSA) is 68.0 Å². The predicted molar refractivity (Wildman–Crippen MR) is 74.6 cm³/mol. The van der Waals surface area contributed by atoms with Gasteiger partial charge in [-0.05, 0) is 17.4 Å². The smallest absolute Gasteiger partial charge is 0.253 e. The van der Waals surface area contributed by atoms with Gasteiger partial charge in [0.05, 0.1) is 10.6 Å². The van der Waals surface area contributed by atoms with E-state index >= 15 is 0 Å². The monoisotopic (exact) mass is 269 g/mol. The summed E-state index contributed by atoms with van der Waals surface area (Å²) in [5.41, 5.74) is 5.94. The molecule has 0 spiro atoms. The van der Waals surface area contributed by atoms with E-state index in [2.05, 4.69) is 38.0 Å². The Hall–Kier alpha value is -1.29. The Bertz CT molecular complexity index is 444. The highest BCUT2D eigenvalue weighted by Crippen LogP contribution is 2.25. The summed E-state index contributed by atoms with van der Waals surface area (Å²) in [7, 11) is 0. The molecule has 4 nitrogen and oxygen atoms in total. The van der Waals surface area contributed by atoms with Crippen LogP contribution in [0.4, 0.5) is 5.82 Å². The number of nitrogen functional groups attached to an aromatic ring is 1. The van der Waals surface area contributed by atoms with Crippen molar-refractivity contribution in [3.8, 4) is 0 Å². The molecule has 1 amide bonds. The van der Waals surface area contributed by atoms with Gasteiger partial charge in [0.2, 0.25) is 0 Å². The first kappa shape index (κ1) is 14.8. The SMILES string of the molecule is CC(C)C(C)(C)CNC(=O)c1cc(N)ncc1Cl. The maximum atomic E-state index is 12.0. The number of nitrogens with zero attached hydrogens (tertiary/aromatic N) is 1. The molecule has 0 fully saturated rings. The number of rotatable bonds is 4. The molecule has 0 aliphatic rings. The number of nitrogens with two attached hydrogens (primary N) is 1. The van der Waals surface area contributed by atoms with Crippen molar-refractivity contribution in [3.63, 3.8) is 0 Å². The number of anilines is 1. The molecule has 1 heterocycles.